The summed E-state index contributed by atoms with van der Waals surface area (Å²) in [5.41, 5.74) is 6.92. The van der Waals surface area contributed by atoms with Gasteiger partial charge >= 0.3 is 0 Å². The lowest BCUT2D eigenvalue weighted by Gasteiger charge is -2.28. The highest BCUT2D eigenvalue weighted by Gasteiger charge is 2.18. The first-order valence-electron chi connectivity index (χ1n) is 6.45. The Morgan fingerprint density at radius 3 is 2.47 bits per heavy atom. The predicted molar refractivity (Wildman–Crippen MR) is 81.7 cm³/mol. The van der Waals surface area contributed by atoms with Gasteiger partial charge in [-0.15, -0.1) is 0 Å². The standard InChI is InChI=1S/C14H23BrFN3/c1-18(2)7-4-8-19(3)14(10-17)12-6-5-11(16)9-13(12)15/h5-6,9,14H,4,7-8,10,17H2,1-3H3. The van der Waals surface area contributed by atoms with Crippen LogP contribution in [-0.2, 0) is 0 Å². The Balaban J connectivity index is 2.70. The van der Waals surface area contributed by atoms with E-state index < -0.39 is 0 Å². The molecule has 1 rings (SSSR count). The number of rotatable bonds is 7. The Morgan fingerprint density at radius 1 is 1.26 bits per heavy atom. The molecule has 108 valence electrons. The Labute approximate surface area is 123 Å². The van der Waals surface area contributed by atoms with E-state index in [1.165, 1.54) is 12.1 Å². The van der Waals surface area contributed by atoms with E-state index in [1.807, 2.05) is 0 Å². The van der Waals surface area contributed by atoms with Crippen LogP contribution >= 0.6 is 15.9 Å². The van der Waals surface area contributed by atoms with Crippen LogP contribution in [0.4, 0.5) is 4.39 Å². The number of likely N-dealkylation sites (N-methyl/N-ethyl adjacent to an activating group) is 1. The average molecular weight is 332 g/mol. The molecule has 0 aromatic heterocycles. The van der Waals surface area contributed by atoms with E-state index in [9.17, 15) is 4.39 Å². The monoisotopic (exact) mass is 331 g/mol. The number of hydrogen-bond donors (Lipinski definition) is 1. The van der Waals surface area contributed by atoms with Gasteiger partial charge in [-0.1, -0.05) is 22.0 Å². The molecule has 0 amide bonds. The van der Waals surface area contributed by atoms with E-state index in [-0.39, 0.29) is 11.9 Å². The van der Waals surface area contributed by atoms with Gasteiger partial charge in [0.05, 0.1) is 0 Å². The molecule has 5 heteroatoms. The molecule has 1 aromatic rings. The van der Waals surface area contributed by atoms with Gasteiger partial charge in [-0.3, -0.25) is 4.90 Å². The van der Waals surface area contributed by atoms with E-state index in [0.29, 0.717) is 6.54 Å². The summed E-state index contributed by atoms with van der Waals surface area (Å²) in [5, 5.41) is 0. The summed E-state index contributed by atoms with van der Waals surface area (Å²) in [7, 11) is 6.19. The Kier molecular flexibility index (Phi) is 6.93. The summed E-state index contributed by atoms with van der Waals surface area (Å²) in [6, 6.07) is 4.89. The number of nitrogens with two attached hydrogens (primary N) is 1. The van der Waals surface area contributed by atoms with Crippen molar-refractivity contribution in [3.05, 3.63) is 34.1 Å². The lowest BCUT2D eigenvalue weighted by molar-refractivity contribution is 0.234. The van der Waals surface area contributed by atoms with Crippen LogP contribution in [-0.4, -0.2) is 50.6 Å². The zero-order valence-electron chi connectivity index (χ0n) is 11.9. The third-order valence-electron chi connectivity index (χ3n) is 3.19. The highest BCUT2D eigenvalue weighted by Crippen LogP contribution is 2.27. The maximum absolute atomic E-state index is 13.1. The van der Waals surface area contributed by atoms with Crippen LogP contribution in [0, 0.1) is 5.82 Å². The molecule has 0 bridgehead atoms. The van der Waals surface area contributed by atoms with Crippen LogP contribution in [0.3, 0.4) is 0 Å². The lowest BCUT2D eigenvalue weighted by atomic mass is 10.1. The molecule has 1 unspecified atom stereocenters. The van der Waals surface area contributed by atoms with Gasteiger partial charge in [0, 0.05) is 17.1 Å². The summed E-state index contributed by atoms with van der Waals surface area (Å²) in [6.45, 7) is 2.53. The smallest absolute Gasteiger partial charge is 0.124 e. The van der Waals surface area contributed by atoms with Crippen LogP contribution in [0.15, 0.2) is 22.7 Å². The van der Waals surface area contributed by atoms with Crippen molar-refractivity contribution in [2.24, 2.45) is 5.73 Å². The highest BCUT2D eigenvalue weighted by molar-refractivity contribution is 9.10. The third-order valence-corrected chi connectivity index (χ3v) is 3.88. The van der Waals surface area contributed by atoms with Gasteiger partial charge in [-0.05, 0) is 58.3 Å². The second kappa shape index (κ2) is 7.94. The van der Waals surface area contributed by atoms with E-state index in [0.717, 1.165) is 29.5 Å². The fourth-order valence-corrected chi connectivity index (χ4v) is 2.72. The molecule has 0 aliphatic carbocycles. The number of halogens is 2. The molecular formula is C14H23BrFN3. The van der Waals surface area contributed by atoms with Crippen LogP contribution in [0.25, 0.3) is 0 Å². The summed E-state index contributed by atoms with van der Waals surface area (Å²) >= 11 is 3.42. The summed E-state index contributed by atoms with van der Waals surface area (Å²) in [5.74, 6) is -0.235. The largest absolute Gasteiger partial charge is 0.329 e. The second-order valence-electron chi connectivity index (χ2n) is 5.05. The molecule has 19 heavy (non-hydrogen) atoms. The molecule has 0 fully saturated rings. The molecule has 0 saturated heterocycles. The van der Waals surface area contributed by atoms with Gasteiger partial charge in [0.25, 0.3) is 0 Å². The van der Waals surface area contributed by atoms with E-state index in [1.54, 1.807) is 6.07 Å². The van der Waals surface area contributed by atoms with E-state index in [2.05, 4.69) is 46.9 Å². The van der Waals surface area contributed by atoms with Gasteiger partial charge in [-0.25, -0.2) is 4.39 Å². The number of hydrogen-bond acceptors (Lipinski definition) is 3. The Morgan fingerprint density at radius 2 is 1.95 bits per heavy atom. The minimum atomic E-state index is -0.235. The minimum Gasteiger partial charge on any atom is -0.329 e. The van der Waals surface area contributed by atoms with Gasteiger partial charge in [-0.2, -0.15) is 0 Å². The molecule has 0 aliphatic rings. The normalized spacial score (nSPS) is 13.3. The molecule has 3 nitrogen and oxygen atoms in total. The Bertz CT molecular complexity index is 398. The Hall–Kier alpha value is -0.490. The zero-order valence-corrected chi connectivity index (χ0v) is 13.5. The average Bonchev–Trinajstić information content (AvgIpc) is 2.32. The van der Waals surface area contributed by atoms with Gasteiger partial charge in [0.1, 0.15) is 5.82 Å². The molecule has 1 atom stereocenters. The van der Waals surface area contributed by atoms with Gasteiger partial charge in [0.15, 0.2) is 0 Å². The van der Waals surface area contributed by atoms with Crippen LogP contribution < -0.4 is 5.73 Å². The maximum atomic E-state index is 13.1. The quantitative estimate of drug-likeness (QED) is 0.833. The molecule has 0 saturated carbocycles. The zero-order chi connectivity index (χ0) is 14.4. The maximum Gasteiger partial charge on any atom is 0.124 e. The van der Waals surface area contributed by atoms with E-state index in [4.69, 9.17) is 5.73 Å². The summed E-state index contributed by atoms with van der Waals surface area (Å²) in [6.07, 6.45) is 1.08. The van der Waals surface area contributed by atoms with Crippen LogP contribution in [0.2, 0.25) is 0 Å². The molecule has 0 radical (unpaired) electrons. The SMILES string of the molecule is CN(C)CCCN(C)C(CN)c1ccc(F)cc1Br. The first kappa shape index (κ1) is 16.6. The number of nitrogens with zero attached hydrogens (tertiary/aromatic N) is 2. The third kappa shape index (κ3) is 5.18. The van der Waals surface area contributed by atoms with Crippen molar-refractivity contribution >= 4 is 15.9 Å². The molecule has 0 aliphatic heterocycles. The van der Waals surface area contributed by atoms with Crippen LogP contribution in [0.5, 0.6) is 0 Å². The van der Waals surface area contributed by atoms with Crippen molar-refractivity contribution in [2.75, 3.05) is 40.8 Å². The molecule has 1 aromatic carbocycles. The fourth-order valence-electron chi connectivity index (χ4n) is 2.11. The van der Waals surface area contributed by atoms with Gasteiger partial charge in [0.2, 0.25) is 0 Å². The summed E-state index contributed by atoms with van der Waals surface area (Å²) in [4.78, 5) is 4.39. The van der Waals surface area contributed by atoms with Crippen molar-refractivity contribution < 1.29 is 4.39 Å². The highest BCUT2D eigenvalue weighted by atomic mass is 79.9. The van der Waals surface area contributed by atoms with E-state index >= 15 is 0 Å². The molecule has 0 heterocycles. The minimum absolute atomic E-state index is 0.108. The molecule has 2 N–H and O–H groups in total. The van der Waals surface area contributed by atoms with Crippen molar-refractivity contribution in [3.8, 4) is 0 Å². The number of benzene rings is 1. The summed E-state index contributed by atoms with van der Waals surface area (Å²) < 4.78 is 13.9. The fraction of sp³-hybridized carbons (Fsp3) is 0.571. The molecule has 0 spiro atoms. The first-order chi connectivity index (χ1) is 8.95. The van der Waals surface area contributed by atoms with Crippen LogP contribution in [0.1, 0.15) is 18.0 Å². The lowest BCUT2D eigenvalue weighted by Crippen LogP contribution is -2.32. The second-order valence-corrected chi connectivity index (χ2v) is 5.91. The van der Waals surface area contributed by atoms with Gasteiger partial charge < -0.3 is 10.6 Å². The van der Waals surface area contributed by atoms with Crippen molar-refractivity contribution in [3.63, 3.8) is 0 Å². The first-order valence-corrected chi connectivity index (χ1v) is 7.25. The molecular weight excluding hydrogens is 309 g/mol. The van der Waals surface area contributed by atoms with Crippen molar-refractivity contribution in [1.29, 1.82) is 0 Å². The topological polar surface area (TPSA) is 32.5 Å². The van der Waals surface area contributed by atoms with Crippen molar-refractivity contribution in [1.82, 2.24) is 9.80 Å². The van der Waals surface area contributed by atoms with Crippen molar-refractivity contribution in [2.45, 2.75) is 12.5 Å². The predicted octanol–water partition coefficient (Wildman–Crippen LogP) is 2.47.